The summed E-state index contributed by atoms with van der Waals surface area (Å²) in [5.41, 5.74) is 1.66. The molecule has 152 valence electrons. The Morgan fingerprint density at radius 3 is 2.79 bits per heavy atom. The summed E-state index contributed by atoms with van der Waals surface area (Å²) in [6.45, 7) is 9.83. The van der Waals surface area contributed by atoms with E-state index < -0.39 is 0 Å². The molecule has 1 N–H and O–H groups in total. The van der Waals surface area contributed by atoms with Gasteiger partial charge in [0.25, 0.3) is 0 Å². The van der Waals surface area contributed by atoms with E-state index in [-0.39, 0.29) is 12.0 Å². The molecule has 0 aromatic carbocycles. The van der Waals surface area contributed by atoms with Crippen molar-refractivity contribution in [3.63, 3.8) is 0 Å². The van der Waals surface area contributed by atoms with Crippen LogP contribution in [0, 0.1) is 11.8 Å². The van der Waals surface area contributed by atoms with Gasteiger partial charge in [-0.15, -0.1) is 0 Å². The highest BCUT2D eigenvalue weighted by molar-refractivity contribution is 5.85. The van der Waals surface area contributed by atoms with Crippen LogP contribution in [0.2, 0.25) is 0 Å². The van der Waals surface area contributed by atoms with Crippen molar-refractivity contribution in [3.8, 4) is 0 Å². The first-order valence-electron chi connectivity index (χ1n) is 10.5. The largest absolute Gasteiger partial charge is 0.364 e. The molecule has 1 aliphatic heterocycles. The van der Waals surface area contributed by atoms with Gasteiger partial charge < -0.3 is 15.1 Å². The number of carbonyl (C=O) groups is 1. The first-order chi connectivity index (χ1) is 13.5. The van der Waals surface area contributed by atoms with Crippen LogP contribution >= 0.6 is 0 Å². The van der Waals surface area contributed by atoms with E-state index in [2.05, 4.69) is 52.6 Å². The Morgan fingerprint density at radius 2 is 2.11 bits per heavy atom. The highest BCUT2D eigenvalue weighted by atomic mass is 16.2. The maximum absolute atomic E-state index is 12.3. The molecule has 0 radical (unpaired) electrons. The highest BCUT2D eigenvalue weighted by Gasteiger charge is 2.36. The normalized spacial score (nSPS) is 19.6. The van der Waals surface area contributed by atoms with E-state index in [4.69, 9.17) is 4.98 Å². The minimum atomic E-state index is 0.212. The van der Waals surface area contributed by atoms with Crippen LogP contribution in [-0.4, -0.2) is 63.0 Å². The van der Waals surface area contributed by atoms with E-state index >= 15 is 0 Å². The van der Waals surface area contributed by atoms with Gasteiger partial charge in [-0.2, -0.15) is 0 Å². The van der Waals surface area contributed by atoms with Crippen LogP contribution in [0.3, 0.4) is 0 Å². The van der Waals surface area contributed by atoms with Crippen LogP contribution in [0.15, 0.2) is 6.33 Å². The maximum Gasteiger partial charge on any atom is 0.225 e. The van der Waals surface area contributed by atoms with Crippen molar-refractivity contribution in [2.45, 2.75) is 52.6 Å². The van der Waals surface area contributed by atoms with Gasteiger partial charge in [0, 0.05) is 45.2 Å². The van der Waals surface area contributed by atoms with Crippen molar-refractivity contribution >= 4 is 28.8 Å². The SMILES string of the molecule is CCn1c(N(C)CC(C)C)nc2c(NC3CCN(C(=O)C4CC4)C3)ncnc21. The van der Waals surface area contributed by atoms with E-state index in [1.165, 1.54) is 0 Å². The molecule has 1 atom stereocenters. The third-order valence-electron chi connectivity index (χ3n) is 5.58. The van der Waals surface area contributed by atoms with Gasteiger partial charge in [0.2, 0.25) is 11.9 Å². The lowest BCUT2D eigenvalue weighted by Gasteiger charge is -2.20. The molecule has 1 saturated heterocycles. The number of rotatable bonds is 7. The number of amides is 1. The van der Waals surface area contributed by atoms with E-state index in [1.54, 1.807) is 6.33 Å². The zero-order valence-electron chi connectivity index (χ0n) is 17.4. The van der Waals surface area contributed by atoms with Gasteiger partial charge in [-0.1, -0.05) is 13.8 Å². The van der Waals surface area contributed by atoms with Gasteiger partial charge in [-0.05, 0) is 32.1 Å². The van der Waals surface area contributed by atoms with Crippen molar-refractivity contribution in [2.24, 2.45) is 11.8 Å². The van der Waals surface area contributed by atoms with Crippen LogP contribution < -0.4 is 10.2 Å². The minimum Gasteiger partial charge on any atom is -0.364 e. The number of aryl methyl sites for hydroxylation is 1. The topological polar surface area (TPSA) is 79.2 Å². The van der Waals surface area contributed by atoms with Crippen LogP contribution in [0.5, 0.6) is 0 Å². The van der Waals surface area contributed by atoms with Crippen LogP contribution in [0.4, 0.5) is 11.8 Å². The van der Waals surface area contributed by atoms with Gasteiger partial charge in [-0.3, -0.25) is 9.36 Å². The Morgan fingerprint density at radius 1 is 1.32 bits per heavy atom. The molecule has 1 unspecified atom stereocenters. The summed E-state index contributed by atoms with van der Waals surface area (Å²) < 4.78 is 2.14. The van der Waals surface area contributed by atoms with Gasteiger partial charge in [0.15, 0.2) is 17.0 Å². The summed E-state index contributed by atoms with van der Waals surface area (Å²) in [6.07, 6.45) is 4.66. The number of nitrogens with zero attached hydrogens (tertiary/aromatic N) is 6. The Labute approximate surface area is 166 Å². The second kappa shape index (κ2) is 7.56. The summed E-state index contributed by atoms with van der Waals surface area (Å²) in [6, 6.07) is 0.212. The summed E-state index contributed by atoms with van der Waals surface area (Å²) >= 11 is 0. The molecule has 28 heavy (non-hydrogen) atoms. The number of fused-ring (bicyclic) bond motifs is 1. The number of hydrogen-bond donors (Lipinski definition) is 1. The third-order valence-corrected chi connectivity index (χ3v) is 5.58. The molecule has 0 spiro atoms. The van der Waals surface area contributed by atoms with E-state index in [0.717, 1.165) is 68.4 Å². The molecule has 3 heterocycles. The lowest BCUT2D eigenvalue weighted by atomic mass is 10.2. The number of aromatic nitrogens is 4. The maximum atomic E-state index is 12.3. The molecule has 2 aromatic rings. The molecule has 8 nitrogen and oxygen atoms in total. The number of hydrogen-bond acceptors (Lipinski definition) is 6. The van der Waals surface area contributed by atoms with Gasteiger partial charge in [-0.25, -0.2) is 15.0 Å². The van der Waals surface area contributed by atoms with Crippen molar-refractivity contribution in [1.29, 1.82) is 0 Å². The number of likely N-dealkylation sites (tertiary alicyclic amines) is 1. The van der Waals surface area contributed by atoms with Gasteiger partial charge >= 0.3 is 0 Å². The molecule has 1 amide bonds. The molecular formula is C20H31N7O. The summed E-state index contributed by atoms with van der Waals surface area (Å²) in [5.74, 6) is 2.84. The molecule has 8 heteroatoms. The first kappa shape index (κ1) is 19.0. The number of nitrogens with one attached hydrogen (secondary N) is 1. The van der Waals surface area contributed by atoms with Crippen molar-refractivity contribution < 1.29 is 4.79 Å². The average Bonchev–Trinajstić information content (AvgIpc) is 3.28. The fourth-order valence-electron chi connectivity index (χ4n) is 4.10. The van der Waals surface area contributed by atoms with Crippen LogP contribution in [0.1, 0.15) is 40.0 Å². The molecule has 2 aliphatic rings. The molecule has 2 aromatic heterocycles. The molecular weight excluding hydrogens is 354 g/mol. The average molecular weight is 386 g/mol. The number of anilines is 2. The van der Waals surface area contributed by atoms with E-state index in [1.807, 2.05) is 4.90 Å². The fourth-order valence-corrected chi connectivity index (χ4v) is 4.10. The second-order valence-corrected chi connectivity index (χ2v) is 8.51. The third kappa shape index (κ3) is 3.64. The summed E-state index contributed by atoms with van der Waals surface area (Å²) in [7, 11) is 2.08. The predicted octanol–water partition coefficient (Wildman–Crippen LogP) is 2.36. The van der Waals surface area contributed by atoms with E-state index in [9.17, 15) is 4.79 Å². The molecule has 4 rings (SSSR count). The standard InChI is InChI=1S/C20H31N7O/c1-5-27-18-16(24-20(27)25(4)10-13(2)3)17(21-12-22-18)23-15-8-9-26(11-15)19(28)14-6-7-14/h12-15H,5-11H2,1-4H3,(H,21,22,23). The minimum absolute atomic E-state index is 0.212. The Balaban J connectivity index is 1.56. The first-order valence-corrected chi connectivity index (χ1v) is 10.5. The summed E-state index contributed by atoms with van der Waals surface area (Å²) in [5, 5.41) is 3.53. The predicted molar refractivity (Wildman–Crippen MR) is 110 cm³/mol. The highest BCUT2D eigenvalue weighted by Crippen LogP contribution is 2.33. The van der Waals surface area contributed by atoms with Gasteiger partial charge in [0.05, 0.1) is 0 Å². The van der Waals surface area contributed by atoms with Crippen molar-refractivity contribution in [2.75, 3.05) is 36.9 Å². The zero-order valence-corrected chi connectivity index (χ0v) is 17.4. The summed E-state index contributed by atoms with van der Waals surface area (Å²) in [4.78, 5) is 30.4. The molecule has 2 fully saturated rings. The van der Waals surface area contributed by atoms with Gasteiger partial charge in [0.1, 0.15) is 6.33 Å². The Kier molecular flexibility index (Phi) is 5.12. The van der Waals surface area contributed by atoms with Crippen LogP contribution in [-0.2, 0) is 11.3 Å². The lowest BCUT2D eigenvalue weighted by molar-refractivity contribution is -0.131. The van der Waals surface area contributed by atoms with Crippen LogP contribution in [0.25, 0.3) is 11.2 Å². The number of carbonyl (C=O) groups excluding carboxylic acids is 1. The quantitative estimate of drug-likeness (QED) is 0.788. The molecule has 1 saturated carbocycles. The molecule has 1 aliphatic carbocycles. The molecule has 0 bridgehead atoms. The Hall–Kier alpha value is -2.38. The zero-order chi connectivity index (χ0) is 19.8. The lowest BCUT2D eigenvalue weighted by Crippen LogP contribution is -2.32. The van der Waals surface area contributed by atoms with Crippen molar-refractivity contribution in [1.82, 2.24) is 24.4 Å². The smallest absolute Gasteiger partial charge is 0.225 e. The monoisotopic (exact) mass is 385 g/mol. The van der Waals surface area contributed by atoms with E-state index in [0.29, 0.717) is 11.8 Å². The second-order valence-electron chi connectivity index (χ2n) is 8.51. The number of imidazole rings is 1. The van der Waals surface area contributed by atoms with Crippen molar-refractivity contribution in [3.05, 3.63) is 6.33 Å². The fraction of sp³-hybridized carbons (Fsp3) is 0.700. The Bertz CT molecular complexity index is 858.